The highest BCUT2D eigenvalue weighted by molar-refractivity contribution is 8.48. The Morgan fingerprint density at radius 2 is 1.04 bits per heavy atom. The fraction of sp³-hybridized carbons (Fsp3) is 0.855. The fourth-order valence-electron chi connectivity index (χ4n) is 11.2. The number of piperidine rings is 4. The molecule has 0 aromatic rings. The molecule has 5 unspecified atom stereocenters. The van der Waals surface area contributed by atoms with E-state index >= 15 is 0 Å². The van der Waals surface area contributed by atoms with Gasteiger partial charge >= 0.3 is 11.9 Å². The van der Waals surface area contributed by atoms with E-state index in [-0.39, 0.29) is 185 Å². The van der Waals surface area contributed by atoms with Crippen LogP contribution < -0.4 is 33.2 Å². The molecule has 14 N–H and O–H groups in total. The summed E-state index contributed by atoms with van der Waals surface area (Å²) in [5, 5.41) is 52.1. The highest BCUT2D eigenvalue weighted by Gasteiger charge is 2.43. The summed E-state index contributed by atoms with van der Waals surface area (Å²) in [6, 6.07) is 4.61. The number of nitriles is 2. The minimum Gasteiger partial charge on any atom is -0.465 e. The molecular formula is C69H137N13O22P4S3. The maximum absolute atomic E-state index is 13.0. The van der Waals surface area contributed by atoms with Gasteiger partial charge in [0.1, 0.15) is 5.90 Å². The number of carbonyl (C=O) groups is 8. The number of nitrogens with two attached hydrogens (primary N) is 3. The number of nitrogens with one attached hydrogen (secondary N) is 3. The number of hydrogen-bond donors (Lipinski definition) is 12. The van der Waals surface area contributed by atoms with Gasteiger partial charge in [-0.1, -0.05) is 40.4 Å². The monoisotopic (exact) mass is 1730 g/mol. The van der Waals surface area contributed by atoms with E-state index in [2.05, 4.69) is 76.9 Å². The molecule has 6 amide bonds. The number of nitrogens with zero attached hydrogens (tertiary/aromatic N) is 7. The van der Waals surface area contributed by atoms with Crippen molar-refractivity contribution in [2.24, 2.45) is 44.8 Å². The fourth-order valence-corrected chi connectivity index (χ4v) is 21.7. The van der Waals surface area contributed by atoms with Gasteiger partial charge in [-0.3, -0.25) is 42.9 Å². The lowest BCUT2D eigenvalue weighted by atomic mass is 9.80. The molecule has 0 saturated carbocycles. The number of hydrogen-bond acceptors (Lipinski definition) is 30. The number of aliphatic hydroxyl groups is 4. The van der Waals surface area contributed by atoms with Gasteiger partial charge in [0.05, 0.1) is 124 Å². The first-order valence-electron chi connectivity index (χ1n) is 38.8. The lowest BCUT2D eigenvalue weighted by molar-refractivity contribution is -0.152. The van der Waals surface area contributed by atoms with Crippen LogP contribution in [0.4, 0.5) is 0 Å². The van der Waals surface area contributed by atoms with Gasteiger partial charge in [-0.05, 0) is 115 Å². The van der Waals surface area contributed by atoms with Crippen LogP contribution in [0.2, 0.25) is 0 Å². The second-order valence-electron chi connectivity index (χ2n) is 27.5. The summed E-state index contributed by atoms with van der Waals surface area (Å²) >= 11 is 14.7. The second-order valence-corrected chi connectivity index (χ2v) is 40.7. The Kier molecular flexibility index (Phi) is 55.9. The van der Waals surface area contributed by atoms with Gasteiger partial charge in [0.25, 0.3) is 15.1 Å². The molecule has 4 rings (SSSR count). The number of esters is 2. The highest BCUT2D eigenvalue weighted by atomic mass is 32.7. The Morgan fingerprint density at radius 3 is 1.42 bits per heavy atom. The maximum Gasteiger partial charge on any atom is 0.306 e. The summed E-state index contributed by atoms with van der Waals surface area (Å²) in [4.78, 5) is 110. The predicted molar refractivity (Wildman–Crippen MR) is 438 cm³/mol. The average molecular weight is 1730 g/mol. The molecule has 111 heavy (non-hydrogen) atoms. The SMILES string of the molecule is C.CNC(=O)CCC(=O)OCC1(COP(C)(=S)OCCC#N)CCN(C(=O)CN)CC1.NCC(=O)N1CCC(CO)(COP(=O)(S)CP(O)(=S)OCC2(CO)CCN(C(=O)CN)CC2)CC1.[3H]CC(CNC)COC(=O)CCC(=O)NC.[3H]CC1(COP(OCCC#N)N(C(C)C)C(C)C)CCN(C(=O)CC)CC1.[3H]OC.[3H]OC. The van der Waals surface area contributed by atoms with Crippen LogP contribution in [0.25, 0.3) is 0 Å². The van der Waals surface area contributed by atoms with Crippen LogP contribution in [-0.4, -0.2) is 304 Å². The van der Waals surface area contributed by atoms with Crippen LogP contribution in [-0.2, 0) is 103 Å². The molecule has 4 fully saturated rings. The van der Waals surface area contributed by atoms with E-state index in [1.165, 1.54) is 28.3 Å². The number of likely N-dealkylation sites (tertiary alicyclic amines) is 4. The Morgan fingerprint density at radius 1 is 0.631 bits per heavy atom. The molecule has 0 aromatic heterocycles. The topological polar surface area (TPSA) is 507 Å². The molecule has 648 valence electrons. The van der Waals surface area contributed by atoms with E-state index in [0.717, 1.165) is 12.8 Å². The zero-order valence-electron chi connectivity index (χ0n) is 70.5. The van der Waals surface area contributed by atoms with Gasteiger partial charge in [0.15, 0.2) is 13.0 Å². The van der Waals surface area contributed by atoms with Crippen LogP contribution in [0.3, 0.4) is 0 Å². The van der Waals surface area contributed by atoms with Crippen molar-refractivity contribution in [3.8, 4) is 12.1 Å². The Balaban J connectivity index is -0.00000145. The van der Waals surface area contributed by atoms with Crippen molar-refractivity contribution >= 4 is 111 Å². The summed E-state index contributed by atoms with van der Waals surface area (Å²) in [7, 11) is 6.11. The standard InChI is InChI=1S/C19H38N4O8P2S2.C19H36N3O3P.C18H31N4O6PS.C10H20N2O3.2CH4O.CH4/c20-9-16(26)22-5-1-18(11-24,2-6-22)13-30-32(28,34)15-33(29,35)31-14-19(12-25)3-7-23(8-4-19)17(27)10-21;1-7-18(23)21-12-9-19(6,10-13-21)15-25-26(24-14-8-11-20)22(16(2)3)17(4)5;1-21-15(23)4-5-17(25)26-13-18(6-9-22(10-7-18)16(24)12-20)14-28-29(2,30)27-11-3-8-19;1-8(6-11-2)7-15-10(14)5-4-9(13)12-3;2*1-2;/h24-25H,1-15,20-21H2,(H,28,34)(H,29,35);16-17H,7-10,12-15H2,1-6H3;3-7,9-14,20H2,1-2H3,(H,21,23);8,11H,4-7H2,1-3H3,(H,12,13);2*2H,1H3;1H4/i;6T;;1T;2*2T;. The summed E-state index contributed by atoms with van der Waals surface area (Å²) in [5.41, 5.74) is 14.1. The minimum absolute atomic E-state index is 0. The third kappa shape index (κ3) is 46.2. The molecule has 4 saturated heterocycles. The first-order chi connectivity index (χ1) is 53.8. The van der Waals surface area contributed by atoms with Crippen molar-refractivity contribution in [3.63, 3.8) is 0 Å². The van der Waals surface area contributed by atoms with Gasteiger partial charge in [-0.25, -0.2) is 4.67 Å². The van der Waals surface area contributed by atoms with Crippen LogP contribution in [0.5, 0.6) is 0 Å². The van der Waals surface area contributed by atoms with Crippen LogP contribution in [0.1, 0.15) is 155 Å². The van der Waals surface area contributed by atoms with Gasteiger partial charge < -0.3 is 115 Å². The Bertz CT molecular complexity index is 2960. The van der Waals surface area contributed by atoms with Crippen LogP contribution in [0.15, 0.2) is 0 Å². The molecule has 0 aliphatic carbocycles. The first kappa shape index (κ1) is 103. The Labute approximate surface area is 682 Å². The molecular weight excluding hydrogens is 1580 g/mol. The predicted octanol–water partition coefficient (Wildman–Crippen LogP) is 4.11. The first-order valence-corrected chi connectivity index (χ1v) is 46.6. The molecule has 4 aliphatic heterocycles. The number of thiol groups is 1. The van der Waals surface area contributed by atoms with E-state index in [1.807, 2.05) is 17.9 Å². The molecule has 4 heterocycles. The Hall–Kier alpha value is -3.59. The molecule has 4 aliphatic rings. The lowest BCUT2D eigenvalue weighted by Gasteiger charge is -2.41. The van der Waals surface area contributed by atoms with Crippen molar-refractivity contribution in [3.05, 3.63) is 0 Å². The number of ether oxygens (including phenoxy) is 2. The minimum atomic E-state index is -3.68. The van der Waals surface area contributed by atoms with Gasteiger partial charge in [0, 0.05) is 150 Å². The van der Waals surface area contributed by atoms with Crippen LogP contribution >= 0.6 is 40.3 Å². The molecule has 0 aromatic carbocycles. The third-order valence-electron chi connectivity index (χ3n) is 18.2. The summed E-state index contributed by atoms with van der Waals surface area (Å²) in [6.45, 7) is 8.03. The largest absolute Gasteiger partial charge is 0.465 e. The number of amides is 6. The number of carbonyl (C=O) groups excluding carboxylic acids is 8. The second kappa shape index (κ2) is 60.0. The average Bonchev–Trinajstić information content (AvgIpc) is 0.820. The number of aliphatic hydroxyl groups excluding tert-OH is 4. The zero-order valence-corrected chi connectivity index (χ0v) is 72.6. The van der Waals surface area contributed by atoms with Crippen molar-refractivity contribution < 1.29 is 108 Å². The van der Waals surface area contributed by atoms with Gasteiger partial charge in [-0.2, -0.15) is 10.5 Å². The normalized spacial score (nSPS) is 18.6. The maximum atomic E-state index is 13.0. The van der Waals surface area contributed by atoms with E-state index in [1.54, 1.807) is 28.4 Å². The van der Waals surface area contributed by atoms with Crippen molar-refractivity contribution in [2.45, 2.75) is 164 Å². The van der Waals surface area contributed by atoms with E-state index in [9.17, 15) is 58.0 Å². The van der Waals surface area contributed by atoms with E-state index < -0.39 is 62.2 Å². The molecule has 0 bridgehead atoms. The van der Waals surface area contributed by atoms with Crippen molar-refractivity contribution in [1.82, 2.24) is 40.2 Å². The lowest BCUT2D eigenvalue weighted by Crippen LogP contribution is -2.48. The van der Waals surface area contributed by atoms with Gasteiger partial charge in [-0.15, -0.1) is 0 Å². The van der Waals surface area contributed by atoms with E-state index in [4.69, 9.17) is 93.6 Å². The highest BCUT2D eigenvalue weighted by Crippen LogP contribution is 2.65. The molecule has 0 spiro atoms. The zero-order chi connectivity index (χ0) is 87.2. The summed E-state index contributed by atoms with van der Waals surface area (Å²) in [5.74, 6) is -2.04. The molecule has 0 radical (unpaired) electrons. The van der Waals surface area contributed by atoms with Crippen molar-refractivity contribution in [1.29, 1.82) is 13.4 Å². The smallest absolute Gasteiger partial charge is 0.306 e. The van der Waals surface area contributed by atoms with Gasteiger partial charge in [0.2, 0.25) is 38.3 Å². The summed E-state index contributed by atoms with van der Waals surface area (Å²) < 4.78 is 87.1. The quantitative estimate of drug-likeness (QED) is 0.0177. The number of rotatable bonds is 41. The van der Waals surface area contributed by atoms with Crippen LogP contribution in [0, 0.1) is 50.2 Å². The molecule has 35 nitrogen and oxygen atoms in total. The molecule has 42 heteroatoms. The van der Waals surface area contributed by atoms with E-state index in [0.29, 0.717) is 123 Å². The molecule has 5 atom stereocenters. The third-order valence-corrected chi connectivity index (χ3v) is 28.9. The van der Waals surface area contributed by atoms with Crippen molar-refractivity contribution in [2.75, 3.05) is 193 Å². The summed E-state index contributed by atoms with van der Waals surface area (Å²) in [6.07, 6.45) is 5.80.